The van der Waals surface area contributed by atoms with Crippen molar-refractivity contribution < 1.29 is 28.7 Å². The van der Waals surface area contributed by atoms with Gasteiger partial charge in [0.15, 0.2) is 5.78 Å². The van der Waals surface area contributed by atoms with Gasteiger partial charge in [-0.15, -0.1) is 0 Å². The fourth-order valence-corrected chi connectivity index (χ4v) is 5.63. The molecule has 1 saturated carbocycles. The largest absolute Gasteiger partial charge is 0.423 e. The molecule has 5 rings (SSSR count). The van der Waals surface area contributed by atoms with Crippen LogP contribution in [-0.2, 0) is 9.59 Å². The highest BCUT2D eigenvalue weighted by molar-refractivity contribution is 6.34. The number of Topliss-reactive ketones (excluding diaryl/α,β-unsaturated/α-hetero) is 1. The van der Waals surface area contributed by atoms with Crippen molar-refractivity contribution in [3.8, 4) is 5.75 Å². The Morgan fingerprint density at radius 3 is 2.20 bits per heavy atom. The molecule has 1 aliphatic heterocycles. The molecule has 3 aromatic carbocycles. The van der Waals surface area contributed by atoms with Gasteiger partial charge in [0.05, 0.1) is 28.0 Å². The molecule has 0 spiro atoms. The number of carbonyl (C=O) groups is 5. The quantitative estimate of drug-likeness (QED) is 0.160. The molecular weight excluding hydrogens is 544 g/mol. The molecule has 210 valence electrons. The summed E-state index contributed by atoms with van der Waals surface area (Å²) in [6.07, 6.45) is 1.92. The number of carbonyl (C=O) groups excluding carboxylic acids is 5. The topological polar surface area (TPSA) is 101 Å². The lowest BCUT2D eigenvalue weighted by Crippen LogP contribution is -2.52. The minimum atomic E-state index is -0.721. The summed E-state index contributed by atoms with van der Waals surface area (Å²) in [6, 6.07) is 19.1. The molecule has 1 saturated heterocycles. The minimum absolute atomic E-state index is 0.0733. The van der Waals surface area contributed by atoms with Gasteiger partial charge in [0.2, 0.25) is 0 Å². The lowest BCUT2D eigenvalue weighted by atomic mass is 9.76. The van der Waals surface area contributed by atoms with Crippen molar-refractivity contribution in [1.82, 2.24) is 10.0 Å². The summed E-state index contributed by atoms with van der Waals surface area (Å²) >= 11 is 6.29. The van der Waals surface area contributed by atoms with Gasteiger partial charge in [0.25, 0.3) is 17.7 Å². The number of esters is 1. The Balaban J connectivity index is 1.38. The monoisotopic (exact) mass is 572 g/mol. The number of amides is 3. The van der Waals surface area contributed by atoms with Gasteiger partial charge in [0.1, 0.15) is 12.3 Å². The Hall–Kier alpha value is -4.30. The predicted octanol–water partition coefficient (Wildman–Crippen LogP) is 5.53. The van der Waals surface area contributed by atoms with E-state index >= 15 is 0 Å². The number of benzene rings is 3. The third-order valence-electron chi connectivity index (χ3n) is 7.71. The van der Waals surface area contributed by atoms with E-state index in [4.69, 9.17) is 16.3 Å². The van der Waals surface area contributed by atoms with Gasteiger partial charge in [0, 0.05) is 5.56 Å². The SMILES string of the molecule is Cc1ccc(C(=O)Oc2ccc(C(=O)CN(C(=O)c3ccccc3Cl)N3C(=O)[C@@H]4CC[C@@H](C)C[C@H]4C3=O)cc2)cc1. The Morgan fingerprint density at radius 2 is 1.51 bits per heavy atom. The molecule has 0 N–H and O–H groups in total. The van der Waals surface area contributed by atoms with Gasteiger partial charge in [-0.25, -0.2) is 9.80 Å². The van der Waals surface area contributed by atoms with E-state index in [2.05, 4.69) is 0 Å². The van der Waals surface area contributed by atoms with Crippen LogP contribution >= 0.6 is 11.6 Å². The van der Waals surface area contributed by atoms with Crippen LogP contribution in [0.2, 0.25) is 5.02 Å². The Kier molecular flexibility index (Phi) is 8.03. The number of fused-ring (bicyclic) bond motifs is 1. The lowest BCUT2D eigenvalue weighted by Gasteiger charge is -2.30. The fraction of sp³-hybridized carbons (Fsp3) is 0.281. The van der Waals surface area contributed by atoms with Crippen LogP contribution < -0.4 is 4.74 Å². The normalized spacial score (nSPS) is 20.0. The maximum absolute atomic E-state index is 13.7. The third kappa shape index (κ3) is 5.79. The molecule has 1 heterocycles. The molecule has 0 aromatic heterocycles. The Bertz CT molecular complexity index is 1520. The van der Waals surface area contributed by atoms with E-state index in [1.54, 1.807) is 36.4 Å². The molecule has 9 heteroatoms. The fourth-order valence-electron chi connectivity index (χ4n) is 5.41. The highest BCUT2D eigenvalue weighted by Gasteiger charge is 2.53. The summed E-state index contributed by atoms with van der Waals surface area (Å²) in [7, 11) is 0. The molecule has 0 unspecified atom stereocenters. The molecule has 3 aromatic rings. The minimum Gasteiger partial charge on any atom is -0.423 e. The number of halogens is 1. The lowest BCUT2D eigenvalue weighted by molar-refractivity contribution is -0.154. The predicted molar refractivity (Wildman–Crippen MR) is 151 cm³/mol. The smallest absolute Gasteiger partial charge is 0.343 e. The second kappa shape index (κ2) is 11.7. The summed E-state index contributed by atoms with van der Waals surface area (Å²) in [4.78, 5) is 66.5. The number of ether oxygens (including phenoxy) is 1. The first-order chi connectivity index (χ1) is 19.6. The van der Waals surface area contributed by atoms with Crippen molar-refractivity contribution in [2.45, 2.75) is 33.1 Å². The van der Waals surface area contributed by atoms with Crippen LogP contribution in [0.1, 0.15) is 62.8 Å². The van der Waals surface area contributed by atoms with E-state index in [1.165, 1.54) is 36.4 Å². The average molecular weight is 573 g/mol. The summed E-state index contributed by atoms with van der Waals surface area (Å²) in [5.74, 6) is -3.24. The van der Waals surface area contributed by atoms with Crippen LogP contribution in [0.15, 0.2) is 72.8 Å². The molecule has 8 nitrogen and oxygen atoms in total. The van der Waals surface area contributed by atoms with Gasteiger partial charge in [-0.1, -0.05) is 48.4 Å². The van der Waals surface area contributed by atoms with Gasteiger partial charge in [-0.2, -0.15) is 5.01 Å². The van der Waals surface area contributed by atoms with Crippen molar-refractivity contribution >= 4 is 41.1 Å². The van der Waals surface area contributed by atoms with Crippen LogP contribution in [0.5, 0.6) is 5.75 Å². The van der Waals surface area contributed by atoms with Crippen LogP contribution in [0.4, 0.5) is 0 Å². The Morgan fingerprint density at radius 1 is 0.878 bits per heavy atom. The van der Waals surface area contributed by atoms with Crippen molar-refractivity contribution in [3.05, 3.63) is 100 Å². The number of hydrazine groups is 1. The van der Waals surface area contributed by atoms with Gasteiger partial charge in [-0.05, 0) is 80.6 Å². The first-order valence-electron chi connectivity index (χ1n) is 13.5. The van der Waals surface area contributed by atoms with E-state index in [1.807, 2.05) is 13.8 Å². The average Bonchev–Trinajstić information content (AvgIpc) is 3.20. The molecule has 41 heavy (non-hydrogen) atoms. The van der Waals surface area contributed by atoms with Crippen LogP contribution in [0.25, 0.3) is 0 Å². The van der Waals surface area contributed by atoms with Crippen LogP contribution in [-0.4, -0.2) is 46.0 Å². The van der Waals surface area contributed by atoms with E-state index in [9.17, 15) is 24.0 Å². The maximum Gasteiger partial charge on any atom is 0.343 e. The Labute approximate surface area is 242 Å². The first kappa shape index (κ1) is 28.2. The molecule has 1 aliphatic carbocycles. The summed E-state index contributed by atoms with van der Waals surface area (Å²) < 4.78 is 5.41. The molecule has 0 bridgehead atoms. The number of imide groups is 1. The van der Waals surface area contributed by atoms with E-state index in [0.717, 1.165) is 22.0 Å². The molecule has 3 amide bonds. The van der Waals surface area contributed by atoms with Crippen molar-refractivity contribution in [1.29, 1.82) is 0 Å². The number of nitrogens with zero attached hydrogens (tertiary/aromatic N) is 2. The van der Waals surface area contributed by atoms with Gasteiger partial charge >= 0.3 is 5.97 Å². The summed E-state index contributed by atoms with van der Waals surface area (Å²) in [6.45, 7) is 3.39. The van der Waals surface area contributed by atoms with Crippen molar-refractivity contribution in [3.63, 3.8) is 0 Å². The highest BCUT2D eigenvalue weighted by atomic mass is 35.5. The number of aryl methyl sites for hydroxylation is 1. The van der Waals surface area contributed by atoms with E-state index in [0.29, 0.717) is 18.4 Å². The maximum atomic E-state index is 13.7. The van der Waals surface area contributed by atoms with Crippen LogP contribution in [0, 0.1) is 24.7 Å². The van der Waals surface area contributed by atoms with E-state index < -0.39 is 47.9 Å². The van der Waals surface area contributed by atoms with Gasteiger partial charge < -0.3 is 4.74 Å². The molecule has 3 atom stereocenters. The zero-order valence-corrected chi connectivity index (χ0v) is 23.5. The van der Waals surface area contributed by atoms with Crippen LogP contribution in [0.3, 0.4) is 0 Å². The zero-order valence-electron chi connectivity index (χ0n) is 22.7. The molecule has 0 radical (unpaired) electrons. The van der Waals surface area contributed by atoms with E-state index in [-0.39, 0.29) is 27.8 Å². The molecule has 2 aliphatic rings. The third-order valence-corrected chi connectivity index (χ3v) is 8.04. The van der Waals surface area contributed by atoms with Crippen molar-refractivity contribution in [2.75, 3.05) is 6.54 Å². The number of hydrogen-bond acceptors (Lipinski definition) is 6. The number of hydrogen-bond donors (Lipinski definition) is 0. The summed E-state index contributed by atoms with van der Waals surface area (Å²) in [5.41, 5.74) is 1.68. The second-order valence-corrected chi connectivity index (χ2v) is 11.1. The molecule has 2 fully saturated rings. The number of rotatable bonds is 7. The first-order valence-corrected chi connectivity index (χ1v) is 13.9. The summed E-state index contributed by atoms with van der Waals surface area (Å²) in [5, 5.41) is 1.91. The highest BCUT2D eigenvalue weighted by Crippen LogP contribution is 2.41. The number of ketones is 1. The molecular formula is C32H29ClN2O6. The zero-order chi connectivity index (χ0) is 29.3. The van der Waals surface area contributed by atoms with Gasteiger partial charge in [-0.3, -0.25) is 19.2 Å². The standard InChI is InChI=1S/C32H29ClN2O6/c1-19-7-10-22(11-8-19)32(40)41-23-14-12-21(13-15-23)28(36)18-34(29(37)25-5-3-4-6-27(25)33)35-30(38)24-16-9-20(2)17-26(24)31(35)39/h3-8,10-15,20,24,26H,9,16-18H2,1-2H3/t20-,24-,26-/m1/s1. The van der Waals surface area contributed by atoms with Crippen molar-refractivity contribution in [2.24, 2.45) is 17.8 Å². The second-order valence-electron chi connectivity index (χ2n) is 10.7.